The first-order chi connectivity index (χ1) is 6.90. The van der Waals surface area contributed by atoms with Crippen molar-refractivity contribution in [1.82, 2.24) is 4.98 Å². The van der Waals surface area contributed by atoms with Gasteiger partial charge in [-0.1, -0.05) is 19.4 Å². The van der Waals surface area contributed by atoms with Crippen LogP contribution in [0.1, 0.15) is 25.5 Å². The zero-order valence-corrected chi connectivity index (χ0v) is 8.31. The van der Waals surface area contributed by atoms with Gasteiger partial charge < -0.3 is 4.74 Å². The lowest BCUT2D eigenvalue weighted by molar-refractivity contribution is 0.311. The molecule has 0 fully saturated rings. The Hall–Kier alpha value is -1.38. The molecular formula is C11H14N2O. The van der Waals surface area contributed by atoms with Gasteiger partial charge in [-0.05, 0) is 18.6 Å². The van der Waals surface area contributed by atoms with Crippen molar-refractivity contribution in [3.8, 4) is 0 Å². The average molecular weight is 190 g/mol. The third-order valence-corrected chi connectivity index (χ3v) is 2.22. The second-order valence-corrected chi connectivity index (χ2v) is 3.40. The van der Waals surface area contributed by atoms with Crippen LogP contribution >= 0.6 is 0 Å². The van der Waals surface area contributed by atoms with Gasteiger partial charge in [0.1, 0.15) is 12.3 Å². The van der Waals surface area contributed by atoms with Crippen LogP contribution in [-0.2, 0) is 4.74 Å². The third kappa shape index (κ3) is 1.92. The number of aromatic nitrogens is 1. The zero-order chi connectivity index (χ0) is 9.80. The average Bonchev–Trinajstić information content (AvgIpc) is 2.68. The highest BCUT2D eigenvalue weighted by molar-refractivity contribution is 5.93. The van der Waals surface area contributed by atoms with Crippen LogP contribution in [0.15, 0.2) is 29.4 Å². The largest absolute Gasteiger partial charge is 0.474 e. The molecule has 0 bridgehead atoms. The SMILES string of the molecule is CCCC1COC(c2ccccn2)=N1. The predicted molar refractivity (Wildman–Crippen MR) is 55.4 cm³/mol. The summed E-state index contributed by atoms with van der Waals surface area (Å²) in [6.45, 7) is 2.87. The molecule has 1 aromatic heterocycles. The molecule has 0 spiro atoms. The van der Waals surface area contributed by atoms with Crippen molar-refractivity contribution in [3.05, 3.63) is 30.1 Å². The van der Waals surface area contributed by atoms with Crippen LogP contribution in [-0.4, -0.2) is 23.5 Å². The number of rotatable bonds is 3. The molecule has 2 rings (SSSR count). The second-order valence-electron chi connectivity index (χ2n) is 3.40. The van der Waals surface area contributed by atoms with Gasteiger partial charge in [0.05, 0.1) is 6.04 Å². The summed E-state index contributed by atoms with van der Waals surface area (Å²) in [5, 5.41) is 0. The third-order valence-electron chi connectivity index (χ3n) is 2.22. The quantitative estimate of drug-likeness (QED) is 0.730. The molecule has 1 aliphatic rings. The Bertz CT molecular complexity index is 321. The van der Waals surface area contributed by atoms with Gasteiger partial charge in [0, 0.05) is 6.20 Å². The number of nitrogens with zero attached hydrogens (tertiary/aromatic N) is 2. The van der Waals surface area contributed by atoms with Gasteiger partial charge in [-0.15, -0.1) is 0 Å². The van der Waals surface area contributed by atoms with E-state index in [1.54, 1.807) is 6.20 Å². The monoisotopic (exact) mass is 190 g/mol. The Kier molecular flexibility index (Phi) is 2.77. The fourth-order valence-corrected chi connectivity index (χ4v) is 1.53. The van der Waals surface area contributed by atoms with Crippen molar-refractivity contribution in [2.24, 2.45) is 4.99 Å². The van der Waals surface area contributed by atoms with E-state index in [1.165, 1.54) is 0 Å². The summed E-state index contributed by atoms with van der Waals surface area (Å²) in [7, 11) is 0. The van der Waals surface area contributed by atoms with E-state index < -0.39 is 0 Å². The molecule has 3 nitrogen and oxygen atoms in total. The van der Waals surface area contributed by atoms with Crippen LogP contribution in [0.4, 0.5) is 0 Å². The minimum atomic E-state index is 0.331. The van der Waals surface area contributed by atoms with Crippen molar-refractivity contribution >= 4 is 5.90 Å². The Labute approximate surface area is 83.8 Å². The van der Waals surface area contributed by atoms with E-state index in [4.69, 9.17) is 4.74 Å². The lowest BCUT2D eigenvalue weighted by atomic mass is 10.2. The Morgan fingerprint density at radius 2 is 2.43 bits per heavy atom. The van der Waals surface area contributed by atoms with Crippen LogP contribution in [0.2, 0.25) is 0 Å². The highest BCUT2D eigenvalue weighted by Gasteiger charge is 2.19. The first-order valence-corrected chi connectivity index (χ1v) is 5.02. The summed E-state index contributed by atoms with van der Waals surface area (Å²) in [6, 6.07) is 6.09. The number of ether oxygens (including phenoxy) is 1. The molecule has 74 valence electrons. The van der Waals surface area contributed by atoms with E-state index in [0.717, 1.165) is 18.5 Å². The topological polar surface area (TPSA) is 34.5 Å². The molecule has 0 aliphatic carbocycles. The van der Waals surface area contributed by atoms with E-state index in [1.807, 2.05) is 18.2 Å². The van der Waals surface area contributed by atoms with Crippen LogP contribution in [0, 0.1) is 0 Å². The van der Waals surface area contributed by atoms with Gasteiger partial charge in [0.2, 0.25) is 5.90 Å². The number of aliphatic imine (C=N–C) groups is 1. The molecule has 1 aliphatic heterocycles. The molecule has 2 heterocycles. The standard InChI is InChI=1S/C11H14N2O/c1-2-5-9-8-14-11(13-9)10-6-3-4-7-12-10/h3-4,6-7,9H,2,5,8H2,1H3. The maximum atomic E-state index is 5.49. The van der Waals surface area contributed by atoms with Gasteiger partial charge in [-0.2, -0.15) is 0 Å². The molecule has 1 atom stereocenters. The summed E-state index contributed by atoms with van der Waals surface area (Å²) >= 11 is 0. The predicted octanol–water partition coefficient (Wildman–Crippen LogP) is 2.03. The van der Waals surface area contributed by atoms with Crippen LogP contribution in [0.3, 0.4) is 0 Å². The number of hydrogen-bond acceptors (Lipinski definition) is 3. The highest BCUT2D eigenvalue weighted by Crippen LogP contribution is 2.13. The first kappa shape index (κ1) is 9.19. The van der Waals surface area contributed by atoms with Crippen molar-refractivity contribution < 1.29 is 4.74 Å². The van der Waals surface area contributed by atoms with Gasteiger partial charge in [0.25, 0.3) is 0 Å². The molecule has 1 unspecified atom stereocenters. The number of hydrogen-bond donors (Lipinski definition) is 0. The molecule has 0 aromatic carbocycles. The Balaban J connectivity index is 2.10. The maximum absolute atomic E-state index is 5.49. The lowest BCUT2D eigenvalue weighted by Gasteiger charge is -1.99. The molecule has 3 heteroatoms. The molecule has 0 saturated carbocycles. The van der Waals surface area contributed by atoms with Crippen molar-refractivity contribution in [2.75, 3.05) is 6.61 Å². The molecular weight excluding hydrogens is 176 g/mol. The summed E-state index contributed by atoms with van der Waals surface area (Å²) in [5.74, 6) is 0.698. The summed E-state index contributed by atoms with van der Waals surface area (Å²) in [6.07, 6.45) is 4.00. The fraction of sp³-hybridized carbons (Fsp3) is 0.455. The van der Waals surface area contributed by atoms with E-state index in [0.29, 0.717) is 18.5 Å². The minimum absolute atomic E-state index is 0.331. The van der Waals surface area contributed by atoms with Crippen molar-refractivity contribution in [3.63, 3.8) is 0 Å². The zero-order valence-electron chi connectivity index (χ0n) is 8.31. The van der Waals surface area contributed by atoms with Crippen LogP contribution < -0.4 is 0 Å². The normalized spacial score (nSPS) is 20.4. The Morgan fingerprint density at radius 1 is 1.50 bits per heavy atom. The fourth-order valence-electron chi connectivity index (χ4n) is 1.53. The maximum Gasteiger partial charge on any atom is 0.235 e. The van der Waals surface area contributed by atoms with Crippen LogP contribution in [0.25, 0.3) is 0 Å². The van der Waals surface area contributed by atoms with E-state index in [-0.39, 0.29) is 0 Å². The van der Waals surface area contributed by atoms with Crippen molar-refractivity contribution in [2.45, 2.75) is 25.8 Å². The molecule has 1 aromatic rings. The number of pyridine rings is 1. The van der Waals surface area contributed by atoms with Crippen molar-refractivity contribution in [1.29, 1.82) is 0 Å². The molecule has 0 saturated heterocycles. The molecule has 0 radical (unpaired) electrons. The summed E-state index contributed by atoms with van der Waals surface area (Å²) in [4.78, 5) is 8.68. The van der Waals surface area contributed by atoms with Gasteiger partial charge in [-0.3, -0.25) is 4.98 Å². The van der Waals surface area contributed by atoms with E-state index in [2.05, 4.69) is 16.9 Å². The first-order valence-electron chi connectivity index (χ1n) is 5.02. The van der Waals surface area contributed by atoms with E-state index >= 15 is 0 Å². The van der Waals surface area contributed by atoms with Gasteiger partial charge in [-0.25, -0.2) is 4.99 Å². The molecule has 14 heavy (non-hydrogen) atoms. The second kappa shape index (κ2) is 4.22. The highest BCUT2D eigenvalue weighted by atomic mass is 16.5. The van der Waals surface area contributed by atoms with Gasteiger partial charge in [0.15, 0.2) is 0 Å². The smallest absolute Gasteiger partial charge is 0.235 e. The molecule has 0 N–H and O–H groups in total. The summed E-state index contributed by atoms with van der Waals surface area (Å²) in [5.41, 5.74) is 0.839. The summed E-state index contributed by atoms with van der Waals surface area (Å²) < 4.78 is 5.49. The van der Waals surface area contributed by atoms with Gasteiger partial charge >= 0.3 is 0 Å². The minimum Gasteiger partial charge on any atom is -0.474 e. The van der Waals surface area contributed by atoms with Crippen LogP contribution in [0.5, 0.6) is 0 Å². The lowest BCUT2D eigenvalue weighted by Crippen LogP contribution is -2.05. The molecule has 0 amide bonds. The Morgan fingerprint density at radius 3 is 3.14 bits per heavy atom. The van der Waals surface area contributed by atoms with E-state index in [9.17, 15) is 0 Å².